The summed E-state index contributed by atoms with van der Waals surface area (Å²) in [6.45, 7) is 0. The second kappa shape index (κ2) is 5.02. The maximum atomic E-state index is 11.2. The number of rotatable bonds is 2. The number of hydrogen-bond acceptors (Lipinski definition) is 4. The molecule has 1 aromatic carbocycles. The monoisotopic (exact) mass is 239 g/mol. The second-order valence-electron chi connectivity index (χ2n) is 3.56. The highest BCUT2D eigenvalue weighted by Crippen LogP contribution is 2.15. The van der Waals surface area contributed by atoms with Crippen molar-refractivity contribution in [2.75, 3.05) is 0 Å². The first-order valence-electron chi connectivity index (χ1n) is 5.20. The van der Waals surface area contributed by atoms with Crippen molar-refractivity contribution in [1.29, 1.82) is 5.26 Å². The molecule has 0 fully saturated rings. The molecule has 18 heavy (non-hydrogen) atoms. The molecule has 0 atom stereocenters. The Balaban J connectivity index is 2.28. The van der Waals surface area contributed by atoms with Crippen LogP contribution in [0, 0.1) is 11.3 Å². The molecule has 0 radical (unpaired) electrons. The van der Waals surface area contributed by atoms with Crippen LogP contribution in [0.1, 0.15) is 16.9 Å². The first kappa shape index (κ1) is 11.7. The van der Waals surface area contributed by atoms with E-state index in [1.807, 2.05) is 6.07 Å². The van der Waals surface area contributed by atoms with E-state index in [1.165, 1.54) is 12.3 Å². The van der Waals surface area contributed by atoms with Gasteiger partial charge in [-0.05, 0) is 23.8 Å². The zero-order chi connectivity index (χ0) is 13.0. The summed E-state index contributed by atoms with van der Waals surface area (Å²) in [6, 6.07) is 10.0. The van der Waals surface area contributed by atoms with Crippen molar-refractivity contribution in [2.45, 2.75) is 0 Å². The van der Waals surface area contributed by atoms with Gasteiger partial charge in [-0.1, -0.05) is 18.2 Å². The van der Waals surface area contributed by atoms with E-state index in [9.17, 15) is 9.90 Å². The Morgan fingerprint density at radius 1 is 1.17 bits per heavy atom. The van der Waals surface area contributed by atoms with Crippen molar-refractivity contribution in [1.82, 2.24) is 0 Å². The molecule has 0 saturated heterocycles. The standard InChI is InChI=1S/C14H9NO3/c15-9-11-3-1-10(2-4-11)5-6-13-14(17)12(16)7-8-18-13/h1-8,17H/b6-5+. The summed E-state index contributed by atoms with van der Waals surface area (Å²) in [5, 5.41) is 18.1. The lowest BCUT2D eigenvalue weighted by molar-refractivity contribution is 0.424. The zero-order valence-electron chi connectivity index (χ0n) is 9.33. The van der Waals surface area contributed by atoms with Crippen LogP contribution >= 0.6 is 0 Å². The van der Waals surface area contributed by atoms with Gasteiger partial charge in [0.1, 0.15) is 0 Å². The minimum absolute atomic E-state index is 0.104. The van der Waals surface area contributed by atoms with E-state index in [2.05, 4.69) is 0 Å². The topological polar surface area (TPSA) is 74.2 Å². The summed E-state index contributed by atoms with van der Waals surface area (Å²) >= 11 is 0. The van der Waals surface area contributed by atoms with E-state index in [4.69, 9.17) is 9.68 Å². The van der Waals surface area contributed by atoms with E-state index in [0.717, 1.165) is 11.6 Å². The third kappa shape index (κ3) is 2.47. The van der Waals surface area contributed by atoms with Gasteiger partial charge in [-0.15, -0.1) is 0 Å². The Morgan fingerprint density at radius 2 is 1.89 bits per heavy atom. The Labute approximate surface area is 103 Å². The van der Waals surface area contributed by atoms with Crippen molar-refractivity contribution >= 4 is 12.2 Å². The molecule has 0 aliphatic heterocycles. The van der Waals surface area contributed by atoms with Crippen LogP contribution in [0.2, 0.25) is 0 Å². The quantitative estimate of drug-likeness (QED) is 0.873. The highest BCUT2D eigenvalue weighted by molar-refractivity contribution is 5.69. The number of hydrogen-bond donors (Lipinski definition) is 1. The lowest BCUT2D eigenvalue weighted by atomic mass is 10.1. The van der Waals surface area contributed by atoms with Crippen molar-refractivity contribution in [3.63, 3.8) is 0 Å². The minimum Gasteiger partial charge on any atom is -0.502 e. The molecule has 0 spiro atoms. The third-order valence-electron chi connectivity index (χ3n) is 2.35. The van der Waals surface area contributed by atoms with Crippen LogP contribution in [0.15, 0.2) is 45.8 Å². The zero-order valence-corrected chi connectivity index (χ0v) is 9.33. The lowest BCUT2D eigenvalue weighted by Crippen LogP contribution is -1.97. The van der Waals surface area contributed by atoms with Gasteiger partial charge < -0.3 is 9.52 Å². The van der Waals surface area contributed by atoms with Gasteiger partial charge in [0.05, 0.1) is 17.9 Å². The van der Waals surface area contributed by atoms with Gasteiger partial charge in [0.15, 0.2) is 5.76 Å². The van der Waals surface area contributed by atoms with Crippen LogP contribution in [0.3, 0.4) is 0 Å². The molecule has 88 valence electrons. The van der Waals surface area contributed by atoms with Crippen molar-refractivity contribution in [3.8, 4) is 11.8 Å². The molecular formula is C14H9NO3. The molecule has 0 bridgehead atoms. The Hall–Kier alpha value is -2.80. The van der Waals surface area contributed by atoms with Gasteiger partial charge in [-0.25, -0.2) is 0 Å². The van der Waals surface area contributed by atoms with Crippen molar-refractivity contribution in [3.05, 3.63) is 63.7 Å². The molecule has 2 aromatic rings. The molecule has 0 aliphatic carbocycles. The van der Waals surface area contributed by atoms with Crippen molar-refractivity contribution in [2.24, 2.45) is 0 Å². The number of nitrogens with zero attached hydrogens (tertiary/aromatic N) is 1. The summed E-state index contributed by atoms with van der Waals surface area (Å²) < 4.78 is 5.02. The fourth-order valence-electron chi connectivity index (χ4n) is 1.38. The minimum atomic E-state index is -0.485. The molecule has 0 saturated carbocycles. The maximum absolute atomic E-state index is 11.2. The van der Waals surface area contributed by atoms with Crippen LogP contribution in [-0.4, -0.2) is 5.11 Å². The summed E-state index contributed by atoms with van der Waals surface area (Å²) in [5.74, 6) is -0.311. The van der Waals surface area contributed by atoms with Crippen LogP contribution in [-0.2, 0) is 0 Å². The molecule has 4 heteroatoms. The normalized spacial score (nSPS) is 10.4. The number of aromatic hydroxyl groups is 1. The molecule has 0 amide bonds. The SMILES string of the molecule is N#Cc1ccc(/C=C/c2occc(=O)c2O)cc1. The average Bonchev–Trinajstić information content (AvgIpc) is 2.41. The van der Waals surface area contributed by atoms with Crippen LogP contribution < -0.4 is 5.43 Å². The second-order valence-corrected chi connectivity index (χ2v) is 3.56. The van der Waals surface area contributed by atoms with Crippen LogP contribution in [0.4, 0.5) is 0 Å². The largest absolute Gasteiger partial charge is 0.502 e. The van der Waals surface area contributed by atoms with E-state index >= 15 is 0 Å². The van der Waals surface area contributed by atoms with Gasteiger partial charge in [0.2, 0.25) is 11.2 Å². The Morgan fingerprint density at radius 3 is 2.56 bits per heavy atom. The predicted molar refractivity (Wildman–Crippen MR) is 66.7 cm³/mol. The Bertz CT molecular complexity index is 675. The van der Waals surface area contributed by atoms with Gasteiger partial charge in [0, 0.05) is 6.07 Å². The first-order chi connectivity index (χ1) is 8.70. The third-order valence-corrected chi connectivity index (χ3v) is 2.35. The predicted octanol–water partition coefficient (Wildman–Crippen LogP) is 2.39. The molecular weight excluding hydrogens is 230 g/mol. The van der Waals surface area contributed by atoms with E-state index < -0.39 is 11.2 Å². The highest BCUT2D eigenvalue weighted by atomic mass is 16.4. The van der Waals surface area contributed by atoms with E-state index in [1.54, 1.807) is 30.3 Å². The summed E-state index contributed by atoms with van der Waals surface area (Å²) in [5.41, 5.74) is 0.918. The maximum Gasteiger partial charge on any atom is 0.227 e. The average molecular weight is 239 g/mol. The van der Waals surface area contributed by atoms with E-state index in [-0.39, 0.29) is 5.76 Å². The summed E-state index contributed by atoms with van der Waals surface area (Å²) in [7, 11) is 0. The molecule has 1 heterocycles. The summed E-state index contributed by atoms with van der Waals surface area (Å²) in [6.07, 6.45) is 4.40. The lowest BCUT2D eigenvalue weighted by Gasteiger charge is -1.96. The van der Waals surface area contributed by atoms with Gasteiger partial charge in [-0.3, -0.25) is 4.79 Å². The molecule has 2 rings (SSSR count). The van der Waals surface area contributed by atoms with Crippen molar-refractivity contribution < 1.29 is 9.52 Å². The van der Waals surface area contributed by atoms with Gasteiger partial charge >= 0.3 is 0 Å². The smallest absolute Gasteiger partial charge is 0.227 e. The van der Waals surface area contributed by atoms with Gasteiger partial charge in [0.25, 0.3) is 0 Å². The molecule has 0 aliphatic rings. The first-order valence-corrected chi connectivity index (χ1v) is 5.20. The fourth-order valence-corrected chi connectivity index (χ4v) is 1.38. The van der Waals surface area contributed by atoms with Crippen LogP contribution in [0.25, 0.3) is 12.2 Å². The summed E-state index contributed by atoms with van der Waals surface area (Å²) in [4.78, 5) is 11.2. The molecule has 1 aromatic heterocycles. The van der Waals surface area contributed by atoms with E-state index in [0.29, 0.717) is 5.56 Å². The molecule has 0 unspecified atom stereocenters. The highest BCUT2D eigenvalue weighted by Gasteiger charge is 2.03. The Kier molecular flexibility index (Phi) is 3.26. The molecule has 1 N–H and O–H groups in total. The fraction of sp³-hybridized carbons (Fsp3) is 0. The van der Waals surface area contributed by atoms with Crippen LogP contribution in [0.5, 0.6) is 5.75 Å². The molecule has 4 nitrogen and oxygen atoms in total. The number of nitriles is 1. The number of benzene rings is 1. The van der Waals surface area contributed by atoms with Gasteiger partial charge in [-0.2, -0.15) is 5.26 Å².